The second-order valence-corrected chi connectivity index (χ2v) is 18.1. The molecule has 1 amide bonds. The summed E-state index contributed by atoms with van der Waals surface area (Å²) < 4.78 is 31.3. The van der Waals surface area contributed by atoms with Gasteiger partial charge in [0.05, 0.1) is 31.4 Å². The van der Waals surface area contributed by atoms with Crippen LogP contribution in [0.3, 0.4) is 0 Å². The van der Waals surface area contributed by atoms with E-state index < -0.39 is 77.8 Å². The number of allylic oxidation sites excluding steroid dienone is 1. The topological polar surface area (TPSA) is 145 Å². The highest BCUT2D eigenvalue weighted by molar-refractivity contribution is 5.93. The zero-order chi connectivity index (χ0) is 39.7. The molecule has 5 unspecified atom stereocenters. The number of hydrogen-bond acceptors (Lipinski definition) is 11. The van der Waals surface area contributed by atoms with Crippen LogP contribution in [-0.4, -0.2) is 94.7 Å². The van der Waals surface area contributed by atoms with E-state index in [2.05, 4.69) is 43.4 Å². The molecule has 0 spiro atoms. The quantitative estimate of drug-likeness (QED) is 0.0983. The van der Waals surface area contributed by atoms with Crippen molar-refractivity contribution in [1.82, 2.24) is 10.4 Å². The van der Waals surface area contributed by atoms with Crippen molar-refractivity contribution < 1.29 is 48.0 Å². The number of unbranched alkanes of at least 4 members (excludes halogenated alkanes) is 4. The molecule has 12 nitrogen and oxygen atoms in total. The number of amides is 1. The molecule has 2 aliphatic carbocycles. The number of aliphatic hydroxyl groups excluding tert-OH is 1. The lowest BCUT2D eigenvalue weighted by Crippen LogP contribution is -2.70. The molecule has 0 radical (unpaired) electrons. The molecule has 7 rings (SSSR count). The molecule has 12 heteroatoms. The summed E-state index contributed by atoms with van der Waals surface area (Å²) in [7, 11) is 0. The highest BCUT2D eigenvalue weighted by Gasteiger charge is 2.76. The Hall–Kier alpha value is -2.87. The van der Waals surface area contributed by atoms with Crippen molar-refractivity contribution in [3.8, 4) is 0 Å². The van der Waals surface area contributed by atoms with E-state index in [0.717, 1.165) is 68.9 Å². The minimum atomic E-state index is -1.39. The molecular weight excluding hydrogens is 716 g/mol. The van der Waals surface area contributed by atoms with Gasteiger partial charge in [-0.05, 0) is 76.3 Å². The molecule has 6 aliphatic rings. The van der Waals surface area contributed by atoms with Crippen LogP contribution in [0.15, 0.2) is 30.3 Å². The van der Waals surface area contributed by atoms with E-state index in [0.29, 0.717) is 31.0 Å². The monoisotopic (exact) mass is 780 g/mol. The van der Waals surface area contributed by atoms with Crippen LogP contribution in [0.5, 0.6) is 0 Å². The predicted molar refractivity (Wildman–Crippen MR) is 207 cm³/mol. The lowest BCUT2D eigenvalue weighted by atomic mass is 9.62. The van der Waals surface area contributed by atoms with Crippen molar-refractivity contribution in [3.63, 3.8) is 0 Å². The maximum Gasteiger partial charge on any atom is 0.327 e. The fourth-order valence-corrected chi connectivity index (χ4v) is 9.68. The van der Waals surface area contributed by atoms with Gasteiger partial charge in [0, 0.05) is 25.7 Å². The minimum Gasteiger partial charge on any atom is -0.460 e. The normalized spacial score (nSPS) is 33.4. The molecule has 2 N–H and O–H groups in total. The number of carbonyl (C=O) groups is 3. The first-order chi connectivity index (χ1) is 26.9. The molecule has 56 heavy (non-hydrogen) atoms. The maximum absolute atomic E-state index is 14.9. The largest absolute Gasteiger partial charge is 0.460 e. The smallest absolute Gasteiger partial charge is 0.327 e. The van der Waals surface area contributed by atoms with Crippen LogP contribution in [0.2, 0.25) is 0 Å². The van der Waals surface area contributed by atoms with E-state index in [9.17, 15) is 19.5 Å². The lowest BCUT2D eigenvalue weighted by molar-refractivity contribution is -0.224. The fourth-order valence-electron chi connectivity index (χ4n) is 9.68. The van der Waals surface area contributed by atoms with Crippen LogP contribution in [0.4, 0.5) is 0 Å². The van der Waals surface area contributed by atoms with E-state index in [1.165, 1.54) is 0 Å². The third-order valence-corrected chi connectivity index (χ3v) is 12.6. The predicted octanol–water partition coefficient (Wildman–Crippen LogP) is 6.31. The van der Waals surface area contributed by atoms with Gasteiger partial charge < -0.3 is 34.1 Å². The van der Waals surface area contributed by atoms with Crippen LogP contribution >= 0.6 is 0 Å². The number of epoxide rings is 1. The zero-order valence-corrected chi connectivity index (χ0v) is 34.0. The summed E-state index contributed by atoms with van der Waals surface area (Å²) >= 11 is 0. The van der Waals surface area contributed by atoms with Gasteiger partial charge in [-0.3, -0.25) is 19.2 Å². The van der Waals surface area contributed by atoms with Gasteiger partial charge in [0.25, 0.3) is 0 Å². The van der Waals surface area contributed by atoms with Gasteiger partial charge in [0.2, 0.25) is 5.91 Å². The summed E-state index contributed by atoms with van der Waals surface area (Å²) in [5.41, 5.74) is -0.0441. The number of rotatable bonds is 18. The summed E-state index contributed by atoms with van der Waals surface area (Å²) in [6.45, 7) is 9.57. The first-order valence-electron chi connectivity index (χ1n) is 21.4. The van der Waals surface area contributed by atoms with Gasteiger partial charge in [-0.1, -0.05) is 75.9 Å². The standard InChI is InChI=1S/C44H64N2O10/c1-6-8-10-22-43(23-11-9-7-2)54-36-34-25-44(41(50)45-31(27-47)19-21-35(48)53-42(3,4)5)38(40(49)52-34)46(56-39(44)37(36)55-43)26-30-16-13-28(14-17-30)12-15-29-18-20-32-33(24-29)51-32/h12-17,29,31-34,36-39,47H,6-11,18-27H2,1-5H3,(H,45,50)/t29?,31-,32?,33?,34?,36-,37-,38-,39+,44?/m0/s1. The van der Waals surface area contributed by atoms with Crippen molar-refractivity contribution in [1.29, 1.82) is 0 Å². The highest BCUT2D eigenvalue weighted by Crippen LogP contribution is 2.58. The van der Waals surface area contributed by atoms with Gasteiger partial charge in [0.1, 0.15) is 35.4 Å². The Balaban J connectivity index is 1.14. The second-order valence-electron chi connectivity index (χ2n) is 18.1. The van der Waals surface area contributed by atoms with Crippen LogP contribution in [0, 0.1) is 11.3 Å². The Bertz CT molecular complexity index is 1570. The number of carbonyl (C=O) groups excluding carboxylic acids is 3. The Morgan fingerprint density at radius 1 is 1.00 bits per heavy atom. The van der Waals surface area contributed by atoms with E-state index in [1.54, 1.807) is 25.8 Å². The molecular formula is C44H64N2O10. The molecule has 6 fully saturated rings. The number of aliphatic hydroxyl groups is 1. The molecule has 4 aliphatic heterocycles. The van der Waals surface area contributed by atoms with Crippen LogP contribution < -0.4 is 5.32 Å². The SMILES string of the molecule is CCCCCC1(CCCCC)O[C@@H]2[C@H]3ON(Cc4ccc(C=CC5CCC6OC6C5)cc4)[C@H]4C(=O)OC(CC34C(=O)N[C@H](CO)CCC(=O)OC(C)(C)C)[C@@H]2O1. The molecule has 1 aromatic rings. The van der Waals surface area contributed by atoms with E-state index in [-0.39, 0.29) is 25.8 Å². The molecule has 0 aromatic heterocycles. The number of benzene rings is 1. The molecule has 310 valence electrons. The number of esters is 2. The Labute approximate surface area is 332 Å². The summed E-state index contributed by atoms with van der Waals surface area (Å²) in [5, 5.41) is 15.0. The van der Waals surface area contributed by atoms with Crippen molar-refractivity contribution in [2.75, 3.05) is 6.61 Å². The summed E-state index contributed by atoms with van der Waals surface area (Å²) in [6.07, 6.45) is 13.7. The van der Waals surface area contributed by atoms with E-state index in [4.69, 9.17) is 28.5 Å². The molecule has 2 bridgehead atoms. The van der Waals surface area contributed by atoms with Crippen LogP contribution in [-0.2, 0) is 49.5 Å². The van der Waals surface area contributed by atoms with Crippen molar-refractivity contribution >= 4 is 23.9 Å². The number of hydroxylamine groups is 2. The molecule has 4 saturated heterocycles. The van der Waals surface area contributed by atoms with Crippen LogP contribution in [0.1, 0.15) is 136 Å². The first kappa shape index (κ1) is 41.3. The maximum atomic E-state index is 14.9. The third-order valence-electron chi connectivity index (χ3n) is 12.6. The van der Waals surface area contributed by atoms with Gasteiger partial charge >= 0.3 is 11.9 Å². The number of fused-ring (bicyclic) bond motifs is 5. The number of hydrogen-bond donors (Lipinski definition) is 2. The fraction of sp³-hybridized carbons (Fsp3) is 0.750. The van der Waals surface area contributed by atoms with Crippen molar-refractivity contribution in [2.45, 2.75) is 191 Å². The Kier molecular flexibility index (Phi) is 12.7. The molecule has 10 atom stereocenters. The lowest BCUT2D eigenvalue weighted by Gasteiger charge is -2.49. The van der Waals surface area contributed by atoms with Crippen LogP contribution in [0.25, 0.3) is 6.08 Å². The molecule has 4 heterocycles. The Morgan fingerprint density at radius 3 is 2.38 bits per heavy atom. The van der Waals surface area contributed by atoms with Gasteiger partial charge in [-0.15, -0.1) is 0 Å². The van der Waals surface area contributed by atoms with E-state index in [1.807, 2.05) is 12.1 Å². The van der Waals surface area contributed by atoms with Crippen molar-refractivity contribution in [2.24, 2.45) is 11.3 Å². The summed E-state index contributed by atoms with van der Waals surface area (Å²) in [5.74, 6) is -1.74. The van der Waals surface area contributed by atoms with Gasteiger partial charge in [0.15, 0.2) is 11.8 Å². The second kappa shape index (κ2) is 17.2. The Morgan fingerprint density at radius 2 is 1.71 bits per heavy atom. The van der Waals surface area contributed by atoms with E-state index >= 15 is 0 Å². The van der Waals surface area contributed by atoms with Crippen molar-refractivity contribution in [3.05, 3.63) is 41.5 Å². The first-order valence-corrected chi connectivity index (χ1v) is 21.4. The summed E-state index contributed by atoms with van der Waals surface area (Å²) in [4.78, 5) is 48.5. The summed E-state index contributed by atoms with van der Waals surface area (Å²) in [6, 6.07) is 6.37. The van der Waals surface area contributed by atoms with Gasteiger partial charge in [-0.2, -0.15) is 5.06 Å². The number of nitrogens with one attached hydrogen (secondary N) is 1. The molecule has 2 saturated carbocycles. The zero-order valence-electron chi connectivity index (χ0n) is 34.0. The van der Waals surface area contributed by atoms with Gasteiger partial charge in [-0.25, -0.2) is 0 Å². The minimum absolute atomic E-state index is 0.0108. The molecule has 1 aromatic carbocycles. The average molecular weight is 781 g/mol. The average Bonchev–Trinajstić information content (AvgIpc) is 3.71. The highest BCUT2D eigenvalue weighted by atomic mass is 16.8. The number of ether oxygens (including phenoxy) is 5. The third kappa shape index (κ3) is 8.90. The number of nitrogens with zero attached hydrogens (tertiary/aromatic N) is 1.